The van der Waals surface area contributed by atoms with Crippen LogP contribution in [-0.2, 0) is 0 Å². The van der Waals surface area contributed by atoms with Crippen LogP contribution in [0.1, 0.15) is 28.1 Å². The Bertz CT molecular complexity index is 1120. The van der Waals surface area contributed by atoms with Crippen molar-refractivity contribution < 1.29 is 0 Å². The summed E-state index contributed by atoms with van der Waals surface area (Å²) in [4.78, 5) is 4.95. The summed E-state index contributed by atoms with van der Waals surface area (Å²) in [5.74, 6) is 1.00. The molecule has 0 fully saturated rings. The van der Waals surface area contributed by atoms with Gasteiger partial charge in [0, 0.05) is 11.8 Å². The van der Waals surface area contributed by atoms with Gasteiger partial charge in [-0.15, -0.1) is 0 Å². The molecule has 0 atom stereocenters. The van der Waals surface area contributed by atoms with Crippen LogP contribution in [0.15, 0.2) is 66.9 Å². The third-order valence-corrected chi connectivity index (χ3v) is 5.52. The van der Waals surface area contributed by atoms with Crippen molar-refractivity contribution in [3.63, 3.8) is 0 Å². The van der Waals surface area contributed by atoms with Crippen molar-refractivity contribution in [2.24, 2.45) is 0 Å². The molecule has 0 aliphatic heterocycles. The first-order chi connectivity index (χ1) is 13.5. The molecule has 0 N–H and O–H groups in total. The maximum atomic E-state index is 4.95. The third kappa shape index (κ3) is 3.05. The Hall–Kier alpha value is -3.13. The Kier molecular flexibility index (Phi) is 4.64. The van der Waals surface area contributed by atoms with Crippen molar-refractivity contribution in [3.05, 3.63) is 94.9 Å². The summed E-state index contributed by atoms with van der Waals surface area (Å²) in [5, 5.41) is 0. The predicted molar refractivity (Wildman–Crippen MR) is 118 cm³/mol. The molecule has 1 aromatic heterocycles. The highest BCUT2D eigenvalue weighted by molar-refractivity contribution is 5.85. The molecule has 0 saturated heterocycles. The lowest BCUT2D eigenvalue weighted by Crippen LogP contribution is -2.00. The van der Waals surface area contributed by atoms with E-state index < -0.39 is 0 Å². The molecule has 0 spiro atoms. The molecule has 0 aliphatic carbocycles. The average molecular weight is 367 g/mol. The summed E-state index contributed by atoms with van der Waals surface area (Å²) < 4.78 is 2.22. The van der Waals surface area contributed by atoms with Gasteiger partial charge in [-0.2, -0.15) is 0 Å². The highest BCUT2D eigenvalue weighted by atomic mass is 15.1. The Labute approximate surface area is 167 Å². The molecule has 2 heteroatoms. The van der Waals surface area contributed by atoms with Crippen molar-refractivity contribution in [3.8, 4) is 28.1 Å². The fourth-order valence-corrected chi connectivity index (χ4v) is 4.18. The molecule has 0 bridgehead atoms. The van der Waals surface area contributed by atoms with Gasteiger partial charge in [-0.1, -0.05) is 60.7 Å². The van der Waals surface area contributed by atoms with Gasteiger partial charge in [0.05, 0.1) is 11.4 Å². The number of imidazole rings is 1. The topological polar surface area (TPSA) is 17.8 Å². The Morgan fingerprint density at radius 3 is 1.75 bits per heavy atom. The van der Waals surface area contributed by atoms with Gasteiger partial charge in [0.15, 0.2) is 0 Å². The molecule has 140 valence electrons. The SMILES string of the molecule is Cc1cccc(C)c1-c1ccccc1-c1cn(-c2c(C)cccc2C)c(C)n1. The number of benzene rings is 3. The maximum absolute atomic E-state index is 4.95. The van der Waals surface area contributed by atoms with Crippen LogP contribution >= 0.6 is 0 Å². The molecule has 1 heterocycles. The molecule has 0 unspecified atom stereocenters. The summed E-state index contributed by atoms with van der Waals surface area (Å²) in [6.07, 6.45) is 2.18. The first-order valence-electron chi connectivity index (χ1n) is 9.76. The van der Waals surface area contributed by atoms with Gasteiger partial charge in [0.1, 0.15) is 5.82 Å². The van der Waals surface area contributed by atoms with Crippen molar-refractivity contribution in [2.45, 2.75) is 34.6 Å². The number of hydrogen-bond acceptors (Lipinski definition) is 1. The van der Waals surface area contributed by atoms with E-state index in [2.05, 4.69) is 106 Å². The molecule has 0 radical (unpaired) electrons. The first-order valence-corrected chi connectivity index (χ1v) is 9.76. The van der Waals surface area contributed by atoms with E-state index in [1.807, 2.05) is 0 Å². The van der Waals surface area contributed by atoms with E-state index in [0.29, 0.717) is 0 Å². The van der Waals surface area contributed by atoms with Crippen LogP contribution in [0.25, 0.3) is 28.1 Å². The molecule has 2 nitrogen and oxygen atoms in total. The molecule has 28 heavy (non-hydrogen) atoms. The summed E-state index contributed by atoms with van der Waals surface area (Å²) in [7, 11) is 0. The zero-order chi connectivity index (χ0) is 19.8. The highest BCUT2D eigenvalue weighted by Crippen LogP contribution is 2.36. The average Bonchev–Trinajstić information content (AvgIpc) is 3.03. The highest BCUT2D eigenvalue weighted by Gasteiger charge is 2.16. The van der Waals surface area contributed by atoms with E-state index in [9.17, 15) is 0 Å². The first kappa shape index (κ1) is 18.2. The summed E-state index contributed by atoms with van der Waals surface area (Å²) >= 11 is 0. The number of aromatic nitrogens is 2. The van der Waals surface area contributed by atoms with Crippen molar-refractivity contribution in [2.75, 3.05) is 0 Å². The van der Waals surface area contributed by atoms with Crippen LogP contribution < -0.4 is 0 Å². The monoisotopic (exact) mass is 366 g/mol. The Balaban J connectivity index is 1.92. The lowest BCUT2D eigenvalue weighted by Gasteiger charge is -2.14. The van der Waals surface area contributed by atoms with Gasteiger partial charge in [-0.3, -0.25) is 0 Å². The zero-order valence-corrected chi connectivity index (χ0v) is 17.2. The minimum absolute atomic E-state index is 1.00. The Morgan fingerprint density at radius 1 is 0.607 bits per heavy atom. The van der Waals surface area contributed by atoms with E-state index in [0.717, 1.165) is 11.5 Å². The van der Waals surface area contributed by atoms with Crippen molar-refractivity contribution >= 4 is 0 Å². The second kappa shape index (κ2) is 7.12. The summed E-state index contributed by atoms with van der Waals surface area (Å²) in [6.45, 7) is 10.8. The molecule has 4 aromatic rings. The lowest BCUT2D eigenvalue weighted by atomic mass is 9.91. The lowest BCUT2D eigenvalue weighted by molar-refractivity contribution is 0.954. The fraction of sp³-hybridized carbons (Fsp3) is 0.192. The van der Waals surface area contributed by atoms with Crippen LogP contribution in [0.2, 0.25) is 0 Å². The quantitative estimate of drug-likeness (QED) is 0.392. The van der Waals surface area contributed by atoms with Gasteiger partial charge in [-0.05, 0) is 68.0 Å². The molecular formula is C26H26N2. The third-order valence-electron chi connectivity index (χ3n) is 5.52. The van der Waals surface area contributed by atoms with E-state index in [4.69, 9.17) is 4.98 Å². The molecular weight excluding hydrogens is 340 g/mol. The zero-order valence-electron chi connectivity index (χ0n) is 17.2. The molecule has 0 amide bonds. The molecule has 0 aliphatic rings. The number of rotatable bonds is 3. The van der Waals surface area contributed by atoms with Crippen molar-refractivity contribution in [1.29, 1.82) is 0 Å². The molecule has 0 saturated carbocycles. The predicted octanol–water partition coefficient (Wildman–Crippen LogP) is 6.75. The summed E-state index contributed by atoms with van der Waals surface area (Å²) in [5.41, 5.74) is 11.1. The standard InChI is InChI=1S/C26H26N2/c1-17-10-8-11-18(2)25(17)23-15-7-6-14-22(23)24-16-28(21(5)27-24)26-19(3)12-9-13-20(26)4/h6-16H,1-5H3. The normalized spacial score (nSPS) is 11.0. The van der Waals surface area contributed by atoms with Crippen LogP contribution in [0.4, 0.5) is 0 Å². The minimum Gasteiger partial charge on any atom is -0.303 e. The Morgan fingerprint density at radius 2 is 1.14 bits per heavy atom. The van der Waals surface area contributed by atoms with Crippen LogP contribution in [0.3, 0.4) is 0 Å². The minimum atomic E-state index is 1.00. The second-order valence-corrected chi connectivity index (χ2v) is 7.60. The molecule has 4 rings (SSSR count). The van der Waals surface area contributed by atoms with E-state index in [1.165, 1.54) is 44.6 Å². The van der Waals surface area contributed by atoms with Crippen molar-refractivity contribution in [1.82, 2.24) is 9.55 Å². The number of para-hydroxylation sites is 1. The van der Waals surface area contributed by atoms with E-state index in [1.54, 1.807) is 0 Å². The fourth-order valence-electron chi connectivity index (χ4n) is 4.18. The van der Waals surface area contributed by atoms with Gasteiger partial charge in [0.25, 0.3) is 0 Å². The molecule has 3 aromatic carbocycles. The van der Waals surface area contributed by atoms with Gasteiger partial charge >= 0.3 is 0 Å². The largest absolute Gasteiger partial charge is 0.303 e. The number of aryl methyl sites for hydroxylation is 5. The van der Waals surface area contributed by atoms with Crippen LogP contribution in [0, 0.1) is 34.6 Å². The number of nitrogens with zero attached hydrogens (tertiary/aromatic N) is 2. The van der Waals surface area contributed by atoms with Gasteiger partial charge < -0.3 is 4.57 Å². The van der Waals surface area contributed by atoms with Crippen LogP contribution in [0.5, 0.6) is 0 Å². The van der Waals surface area contributed by atoms with Crippen LogP contribution in [-0.4, -0.2) is 9.55 Å². The second-order valence-electron chi connectivity index (χ2n) is 7.60. The summed E-state index contributed by atoms with van der Waals surface area (Å²) in [6, 6.07) is 21.5. The van der Waals surface area contributed by atoms with Gasteiger partial charge in [-0.25, -0.2) is 4.98 Å². The maximum Gasteiger partial charge on any atom is 0.110 e. The van der Waals surface area contributed by atoms with Gasteiger partial charge in [0.2, 0.25) is 0 Å². The smallest absolute Gasteiger partial charge is 0.110 e. The van der Waals surface area contributed by atoms with E-state index in [-0.39, 0.29) is 0 Å². The number of hydrogen-bond donors (Lipinski definition) is 0. The van der Waals surface area contributed by atoms with E-state index >= 15 is 0 Å².